The van der Waals surface area contributed by atoms with E-state index in [1.165, 1.54) is 19.1 Å². The van der Waals surface area contributed by atoms with Crippen molar-refractivity contribution >= 4 is 6.09 Å². The van der Waals surface area contributed by atoms with Gasteiger partial charge < -0.3 is 15.2 Å². The number of amides is 1. The van der Waals surface area contributed by atoms with Crippen molar-refractivity contribution in [1.29, 1.82) is 0 Å². The van der Waals surface area contributed by atoms with Crippen LogP contribution < -0.4 is 5.32 Å². The summed E-state index contributed by atoms with van der Waals surface area (Å²) < 4.78 is 46.2. The highest BCUT2D eigenvalue weighted by Crippen LogP contribution is 2.32. The maximum Gasteiger partial charge on any atom is 0.408 e. The van der Waals surface area contributed by atoms with Gasteiger partial charge in [-0.05, 0) is 33.8 Å². The summed E-state index contributed by atoms with van der Waals surface area (Å²) in [7, 11) is 0. The lowest BCUT2D eigenvalue weighted by molar-refractivity contribution is -0.0584. The standard InChI is InChI=1S/C15H20F3NO3/c1-9(19-13(21)22-14(2,3)4)10-6-5-7-11(12(10)16)15(17,18)8-20/h5-7,9,20H,8H2,1-4H3,(H,19,21)/t9-/m1/s1. The maximum absolute atomic E-state index is 14.2. The maximum atomic E-state index is 14.2. The molecule has 0 spiro atoms. The number of ether oxygens (including phenoxy) is 1. The highest BCUT2D eigenvalue weighted by Gasteiger charge is 2.35. The van der Waals surface area contributed by atoms with Crippen LogP contribution in [0, 0.1) is 5.82 Å². The minimum absolute atomic E-state index is 0.114. The van der Waals surface area contributed by atoms with E-state index in [9.17, 15) is 18.0 Å². The number of carbonyl (C=O) groups excluding carboxylic acids is 1. The molecule has 0 saturated carbocycles. The molecule has 1 rings (SSSR count). The Balaban J connectivity index is 2.98. The van der Waals surface area contributed by atoms with E-state index in [4.69, 9.17) is 9.84 Å². The molecule has 124 valence electrons. The molecule has 2 N–H and O–H groups in total. The topological polar surface area (TPSA) is 58.6 Å². The number of benzene rings is 1. The lowest BCUT2D eigenvalue weighted by atomic mass is 10.0. The highest BCUT2D eigenvalue weighted by molar-refractivity contribution is 5.68. The Morgan fingerprint density at radius 1 is 1.36 bits per heavy atom. The number of alkyl carbamates (subject to hydrolysis) is 1. The molecule has 0 radical (unpaired) electrons. The zero-order chi connectivity index (χ0) is 17.1. The summed E-state index contributed by atoms with van der Waals surface area (Å²) in [6, 6.07) is 2.55. The third kappa shape index (κ3) is 4.62. The number of nitrogens with one attached hydrogen (secondary N) is 1. The molecule has 1 atom stereocenters. The van der Waals surface area contributed by atoms with Gasteiger partial charge in [-0.25, -0.2) is 9.18 Å². The lowest BCUT2D eigenvalue weighted by Crippen LogP contribution is -2.34. The van der Waals surface area contributed by atoms with Gasteiger partial charge >= 0.3 is 6.09 Å². The molecule has 1 amide bonds. The molecule has 0 unspecified atom stereocenters. The molecule has 7 heteroatoms. The van der Waals surface area contributed by atoms with Crippen molar-refractivity contribution in [3.63, 3.8) is 0 Å². The summed E-state index contributed by atoms with van der Waals surface area (Å²) in [4.78, 5) is 11.6. The first kappa shape index (κ1) is 18.3. The third-order valence-electron chi connectivity index (χ3n) is 2.82. The van der Waals surface area contributed by atoms with Crippen molar-refractivity contribution in [2.24, 2.45) is 0 Å². The quantitative estimate of drug-likeness (QED) is 0.893. The fourth-order valence-electron chi connectivity index (χ4n) is 1.81. The molecule has 0 aliphatic rings. The number of alkyl halides is 2. The molecular formula is C15H20F3NO3. The second-order valence-electron chi connectivity index (χ2n) is 5.94. The molecule has 0 fully saturated rings. The minimum atomic E-state index is -3.69. The van der Waals surface area contributed by atoms with Crippen LogP contribution in [0.2, 0.25) is 0 Å². The molecule has 0 aliphatic carbocycles. The van der Waals surface area contributed by atoms with E-state index in [0.717, 1.165) is 6.07 Å². The van der Waals surface area contributed by atoms with Gasteiger partial charge in [-0.1, -0.05) is 12.1 Å². The number of aliphatic hydroxyl groups excluding tert-OH is 1. The van der Waals surface area contributed by atoms with Crippen LogP contribution in [-0.2, 0) is 10.7 Å². The number of rotatable bonds is 4. The SMILES string of the molecule is C[C@@H](NC(=O)OC(C)(C)C)c1cccc(C(F)(F)CO)c1F. The van der Waals surface area contributed by atoms with E-state index in [2.05, 4.69) is 5.32 Å². The van der Waals surface area contributed by atoms with Crippen molar-refractivity contribution < 1.29 is 27.8 Å². The van der Waals surface area contributed by atoms with Crippen LogP contribution in [0.4, 0.5) is 18.0 Å². The Morgan fingerprint density at radius 2 is 1.95 bits per heavy atom. The van der Waals surface area contributed by atoms with Gasteiger partial charge in [0.15, 0.2) is 0 Å². The van der Waals surface area contributed by atoms with Crippen LogP contribution in [0.3, 0.4) is 0 Å². The van der Waals surface area contributed by atoms with Crippen molar-refractivity contribution in [1.82, 2.24) is 5.32 Å². The van der Waals surface area contributed by atoms with Gasteiger partial charge in [-0.2, -0.15) is 8.78 Å². The third-order valence-corrected chi connectivity index (χ3v) is 2.82. The Hall–Kier alpha value is -1.76. The Kier molecular flexibility index (Phi) is 5.45. The molecule has 1 aromatic carbocycles. The van der Waals surface area contributed by atoms with Gasteiger partial charge in [0.1, 0.15) is 18.0 Å². The number of halogens is 3. The van der Waals surface area contributed by atoms with Crippen LogP contribution in [0.15, 0.2) is 18.2 Å². The van der Waals surface area contributed by atoms with E-state index in [1.807, 2.05) is 0 Å². The van der Waals surface area contributed by atoms with Crippen LogP contribution in [-0.4, -0.2) is 23.4 Å². The molecule has 22 heavy (non-hydrogen) atoms. The van der Waals surface area contributed by atoms with Gasteiger partial charge in [-0.15, -0.1) is 0 Å². The molecule has 4 nitrogen and oxygen atoms in total. The van der Waals surface area contributed by atoms with Gasteiger partial charge in [0.25, 0.3) is 5.92 Å². The van der Waals surface area contributed by atoms with Crippen molar-refractivity contribution in [3.05, 3.63) is 35.1 Å². The zero-order valence-corrected chi connectivity index (χ0v) is 12.9. The average molecular weight is 319 g/mol. The predicted octanol–water partition coefficient (Wildman–Crippen LogP) is 3.50. The second-order valence-corrected chi connectivity index (χ2v) is 5.94. The predicted molar refractivity (Wildman–Crippen MR) is 75.2 cm³/mol. The van der Waals surface area contributed by atoms with E-state index < -0.39 is 41.6 Å². The van der Waals surface area contributed by atoms with Crippen molar-refractivity contribution in [2.45, 2.75) is 45.3 Å². The molecule has 0 aromatic heterocycles. The van der Waals surface area contributed by atoms with Crippen LogP contribution in [0.5, 0.6) is 0 Å². The van der Waals surface area contributed by atoms with Crippen LogP contribution in [0.25, 0.3) is 0 Å². The Labute approximate surface area is 127 Å². The molecule has 1 aromatic rings. The van der Waals surface area contributed by atoms with E-state index in [0.29, 0.717) is 0 Å². The molecular weight excluding hydrogens is 299 g/mol. The first-order chi connectivity index (χ1) is 9.98. The van der Waals surface area contributed by atoms with Crippen molar-refractivity contribution in [2.75, 3.05) is 6.61 Å². The first-order valence-corrected chi connectivity index (χ1v) is 6.75. The number of hydrogen-bond donors (Lipinski definition) is 2. The fraction of sp³-hybridized carbons (Fsp3) is 0.533. The largest absolute Gasteiger partial charge is 0.444 e. The zero-order valence-electron chi connectivity index (χ0n) is 12.9. The number of aliphatic hydroxyl groups is 1. The van der Waals surface area contributed by atoms with Gasteiger partial charge in [-0.3, -0.25) is 0 Å². The lowest BCUT2D eigenvalue weighted by Gasteiger charge is -2.23. The second kappa shape index (κ2) is 6.56. The molecule has 0 aliphatic heterocycles. The van der Waals surface area contributed by atoms with Gasteiger partial charge in [0.2, 0.25) is 0 Å². The molecule has 0 heterocycles. The Bertz CT molecular complexity index is 541. The molecule has 0 saturated heterocycles. The van der Waals surface area contributed by atoms with E-state index in [1.54, 1.807) is 20.8 Å². The highest BCUT2D eigenvalue weighted by atomic mass is 19.3. The summed E-state index contributed by atoms with van der Waals surface area (Å²) >= 11 is 0. The Morgan fingerprint density at radius 3 is 2.45 bits per heavy atom. The summed E-state index contributed by atoms with van der Waals surface area (Å²) in [5.74, 6) is -4.85. The van der Waals surface area contributed by atoms with Crippen LogP contribution >= 0.6 is 0 Å². The smallest absolute Gasteiger partial charge is 0.408 e. The number of hydrogen-bond acceptors (Lipinski definition) is 3. The fourth-order valence-corrected chi connectivity index (χ4v) is 1.81. The normalized spacial score (nSPS) is 13.6. The van der Waals surface area contributed by atoms with E-state index >= 15 is 0 Å². The first-order valence-electron chi connectivity index (χ1n) is 6.75. The van der Waals surface area contributed by atoms with Crippen molar-refractivity contribution in [3.8, 4) is 0 Å². The van der Waals surface area contributed by atoms with E-state index in [-0.39, 0.29) is 5.56 Å². The molecule has 0 bridgehead atoms. The average Bonchev–Trinajstić information content (AvgIpc) is 2.36. The summed E-state index contributed by atoms with van der Waals surface area (Å²) in [6.45, 7) is 4.95. The van der Waals surface area contributed by atoms with Gasteiger partial charge in [0.05, 0.1) is 11.6 Å². The summed E-state index contributed by atoms with van der Waals surface area (Å²) in [5, 5.41) is 11.0. The summed E-state index contributed by atoms with van der Waals surface area (Å²) in [5.41, 5.74) is -1.75. The van der Waals surface area contributed by atoms with Gasteiger partial charge in [0, 0.05) is 5.56 Å². The monoisotopic (exact) mass is 319 g/mol. The summed E-state index contributed by atoms with van der Waals surface area (Å²) in [6.07, 6.45) is -0.779. The van der Waals surface area contributed by atoms with Crippen LogP contribution in [0.1, 0.15) is 44.9 Å². The number of carbonyl (C=O) groups is 1. The minimum Gasteiger partial charge on any atom is -0.444 e.